The van der Waals surface area contributed by atoms with E-state index in [9.17, 15) is 9.59 Å². The van der Waals surface area contributed by atoms with Crippen molar-refractivity contribution in [2.75, 3.05) is 13.1 Å². The Labute approximate surface area is 151 Å². The smallest absolute Gasteiger partial charge is 0.274 e. The summed E-state index contributed by atoms with van der Waals surface area (Å²) in [6.45, 7) is 4.37. The van der Waals surface area contributed by atoms with Crippen LogP contribution in [0, 0.1) is 6.92 Å². The minimum absolute atomic E-state index is 0.0608. The minimum atomic E-state index is -0.149. The zero-order valence-corrected chi connectivity index (χ0v) is 14.8. The lowest BCUT2D eigenvalue weighted by Gasteiger charge is -2.32. The van der Waals surface area contributed by atoms with Crippen molar-refractivity contribution in [3.05, 3.63) is 41.7 Å². The molecule has 8 nitrogen and oxygen atoms in total. The van der Waals surface area contributed by atoms with Gasteiger partial charge in [0.05, 0.1) is 30.2 Å². The Morgan fingerprint density at radius 2 is 2.15 bits per heavy atom. The summed E-state index contributed by atoms with van der Waals surface area (Å²) < 4.78 is 1.94. The Morgan fingerprint density at radius 3 is 2.88 bits per heavy atom. The molecule has 8 heteroatoms. The number of likely N-dealkylation sites (tertiary alicyclic amines) is 1. The van der Waals surface area contributed by atoms with Gasteiger partial charge in [-0.05, 0) is 25.8 Å². The molecule has 0 radical (unpaired) electrons. The number of nitrogens with zero attached hydrogens (tertiary/aromatic N) is 6. The number of aryl methyl sites for hydroxylation is 2. The maximum absolute atomic E-state index is 13.2. The number of aromatic nitrogens is 4. The van der Waals surface area contributed by atoms with E-state index in [4.69, 9.17) is 0 Å². The van der Waals surface area contributed by atoms with Crippen LogP contribution in [0.3, 0.4) is 0 Å². The fourth-order valence-electron chi connectivity index (χ4n) is 3.66. The van der Waals surface area contributed by atoms with E-state index in [2.05, 4.69) is 15.1 Å². The summed E-state index contributed by atoms with van der Waals surface area (Å²) in [5.74, 6) is 0.0262. The molecule has 4 rings (SSSR count). The summed E-state index contributed by atoms with van der Waals surface area (Å²) in [5.41, 5.74) is 2.10. The van der Waals surface area contributed by atoms with Gasteiger partial charge in [0.25, 0.3) is 5.91 Å². The van der Waals surface area contributed by atoms with Crippen molar-refractivity contribution in [1.82, 2.24) is 29.5 Å². The molecule has 0 unspecified atom stereocenters. The SMILES string of the molecule is Cc1cnc(C(=O)N2Cc3ccnn3CC[C@@H]2CN2CCCC2=O)cn1. The second kappa shape index (κ2) is 6.86. The van der Waals surface area contributed by atoms with E-state index in [1.807, 2.05) is 27.5 Å². The predicted molar refractivity (Wildman–Crippen MR) is 93.1 cm³/mol. The van der Waals surface area contributed by atoms with Crippen molar-refractivity contribution in [2.24, 2.45) is 0 Å². The average Bonchev–Trinajstić information content (AvgIpc) is 3.21. The van der Waals surface area contributed by atoms with Crippen LogP contribution in [-0.4, -0.2) is 60.5 Å². The van der Waals surface area contributed by atoms with Gasteiger partial charge in [0, 0.05) is 38.4 Å². The van der Waals surface area contributed by atoms with Crippen LogP contribution in [0.25, 0.3) is 0 Å². The van der Waals surface area contributed by atoms with Crippen LogP contribution in [0.5, 0.6) is 0 Å². The molecule has 1 fully saturated rings. The average molecular weight is 354 g/mol. The van der Waals surface area contributed by atoms with Gasteiger partial charge < -0.3 is 9.80 Å². The molecule has 2 aliphatic rings. The summed E-state index contributed by atoms with van der Waals surface area (Å²) in [6.07, 6.45) is 7.14. The molecule has 0 N–H and O–H groups in total. The topological polar surface area (TPSA) is 84.2 Å². The highest BCUT2D eigenvalue weighted by molar-refractivity contribution is 5.92. The van der Waals surface area contributed by atoms with E-state index in [0.717, 1.165) is 37.3 Å². The van der Waals surface area contributed by atoms with Gasteiger partial charge in [-0.3, -0.25) is 19.3 Å². The van der Waals surface area contributed by atoms with Crippen LogP contribution < -0.4 is 0 Å². The Morgan fingerprint density at radius 1 is 1.27 bits per heavy atom. The normalized spacial score (nSPS) is 20.2. The van der Waals surface area contributed by atoms with Crippen LogP contribution in [0.2, 0.25) is 0 Å². The Balaban J connectivity index is 1.61. The van der Waals surface area contributed by atoms with Gasteiger partial charge in [0.15, 0.2) is 0 Å². The molecular weight excluding hydrogens is 332 g/mol. The fourth-order valence-corrected chi connectivity index (χ4v) is 3.66. The molecule has 2 amide bonds. The number of hydrogen-bond acceptors (Lipinski definition) is 5. The second-order valence-electron chi connectivity index (χ2n) is 6.91. The molecule has 1 saturated heterocycles. The summed E-state index contributed by atoms with van der Waals surface area (Å²) >= 11 is 0. The van der Waals surface area contributed by atoms with E-state index in [1.165, 1.54) is 6.20 Å². The Bertz CT molecular complexity index is 815. The molecule has 0 aromatic carbocycles. The standard InChI is InChI=1S/C18H22N6O2/c1-13-9-20-16(10-19-13)18(26)23-12-15-4-6-21-24(15)8-5-14(23)11-22-7-2-3-17(22)25/h4,6,9-10,14H,2-3,5,7-8,11-12H2,1H3/t14-/m1/s1. The van der Waals surface area contributed by atoms with Crippen LogP contribution in [0.15, 0.2) is 24.7 Å². The molecule has 0 bridgehead atoms. The number of carbonyl (C=O) groups excluding carboxylic acids is 2. The van der Waals surface area contributed by atoms with E-state index < -0.39 is 0 Å². The highest BCUT2D eigenvalue weighted by Crippen LogP contribution is 2.22. The van der Waals surface area contributed by atoms with Gasteiger partial charge in [-0.2, -0.15) is 5.10 Å². The van der Waals surface area contributed by atoms with Crippen molar-refractivity contribution >= 4 is 11.8 Å². The maximum Gasteiger partial charge on any atom is 0.274 e. The van der Waals surface area contributed by atoms with Crippen molar-refractivity contribution in [3.63, 3.8) is 0 Å². The van der Waals surface area contributed by atoms with Gasteiger partial charge in [-0.1, -0.05) is 0 Å². The zero-order chi connectivity index (χ0) is 18.1. The highest BCUT2D eigenvalue weighted by atomic mass is 16.2. The van der Waals surface area contributed by atoms with Gasteiger partial charge in [-0.25, -0.2) is 4.98 Å². The van der Waals surface area contributed by atoms with E-state index in [1.54, 1.807) is 12.4 Å². The summed E-state index contributed by atoms with van der Waals surface area (Å²) in [5, 5.41) is 4.35. The number of carbonyl (C=O) groups is 2. The van der Waals surface area contributed by atoms with Gasteiger partial charge in [0.2, 0.25) is 5.91 Å². The van der Waals surface area contributed by atoms with Crippen LogP contribution in [0.1, 0.15) is 41.1 Å². The summed E-state index contributed by atoms with van der Waals surface area (Å²) in [4.78, 5) is 37.4. The first kappa shape index (κ1) is 16.7. The number of amides is 2. The van der Waals surface area contributed by atoms with E-state index >= 15 is 0 Å². The third kappa shape index (κ3) is 3.18. The number of fused-ring (bicyclic) bond motifs is 1. The maximum atomic E-state index is 13.2. The van der Waals surface area contributed by atoms with E-state index in [-0.39, 0.29) is 17.9 Å². The Hall–Kier alpha value is -2.77. The van der Waals surface area contributed by atoms with Crippen molar-refractivity contribution in [3.8, 4) is 0 Å². The van der Waals surface area contributed by atoms with Gasteiger partial charge in [-0.15, -0.1) is 0 Å². The monoisotopic (exact) mass is 354 g/mol. The summed E-state index contributed by atoms with van der Waals surface area (Å²) in [7, 11) is 0. The molecule has 0 saturated carbocycles. The summed E-state index contributed by atoms with van der Waals surface area (Å²) in [6, 6.07) is 1.87. The van der Waals surface area contributed by atoms with Crippen molar-refractivity contribution in [2.45, 2.75) is 45.3 Å². The van der Waals surface area contributed by atoms with Gasteiger partial charge in [0.1, 0.15) is 5.69 Å². The number of rotatable bonds is 3. The van der Waals surface area contributed by atoms with Crippen LogP contribution in [0.4, 0.5) is 0 Å². The first-order valence-corrected chi connectivity index (χ1v) is 9.00. The largest absolute Gasteiger partial charge is 0.341 e. The predicted octanol–water partition coefficient (Wildman–Crippen LogP) is 1.02. The van der Waals surface area contributed by atoms with Gasteiger partial charge >= 0.3 is 0 Å². The molecule has 1 atom stereocenters. The van der Waals surface area contributed by atoms with Crippen molar-refractivity contribution < 1.29 is 9.59 Å². The fraction of sp³-hybridized carbons (Fsp3) is 0.500. The lowest BCUT2D eigenvalue weighted by Crippen LogP contribution is -2.46. The molecule has 2 aliphatic heterocycles. The molecule has 2 aromatic rings. The molecule has 2 aromatic heterocycles. The minimum Gasteiger partial charge on any atom is -0.341 e. The third-order valence-electron chi connectivity index (χ3n) is 5.12. The number of hydrogen-bond donors (Lipinski definition) is 0. The first-order valence-electron chi connectivity index (χ1n) is 9.00. The second-order valence-corrected chi connectivity index (χ2v) is 6.91. The van der Waals surface area contributed by atoms with Crippen LogP contribution >= 0.6 is 0 Å². The molecule has 0 spiro atoms. The highest BCUT2D eigenvalue weighted by Gasteiger charge is 2.33. The molecule has 4 heterocycles. The van der Waals surface area contributed by atoms with E-state index in [0.29, 0.717) is 25.2 Å². The Kier molecular flexibility index (Phi) is 4.40. The molecule has 0 aliphatic carbocycles. The molecule has 136 valence electrons. The first-order chi connectivity index (χ1) is 12.6. The van der Waals surface area contributed by atoms with Crippen LogP contribution in [-0.2, 0) is 17.9 Å². The zero-order valence-electron chi connectivity index (χ0n) is 14.8. The lowest BCUT2D eigenvalue weighted by atomic mass is 10.1. The quantitative estimate of drug-likeness (QED) is 0.822. The van der Waals surface area contributed by atoms with Crippen molar-refractivity contribution in [1.29, 1.82) is 0 Å². The lowest BCUT2D eigenvalue weighted by molar-refractivity contribution is -0.128. The molecular formula is C18H22N6O2. The third-order valence-corrected chi connectivity index (χ3v) is 5.12. The molecule has 26 heavy (non-hydrogen) atoms.